The summed E-state index contributed by atoms with van der Waals surface area (Å²) in [6.07, 6.45) is 15.0. The summed E-state index contributed by atoms with van der Waals surface area (Å²) < 4.78 is 10.5. The zero-order chi connectivity index (χ0) is 20.3. The largest absolute Gasteiger partial charge is 0.481 e. The first-order chi connectivity index (χ1) is 13.0. The highest BCUT2D eigenvalue weighted by Gasteiger charge is 2.14. The Labute approximate surface area is 165 Å². The number of aliphatic carboxylic acids is 1. The molecule has 0 aliphatic heterocycles. The standard InChI is InChI=1S/C22H40O5/c1-19(2)22(25)27-20(18-26-3)16-14-12-10-8-6-4-5-7-9-11-13-15-17-21(23)24/h20H,1,4-18H2,2-3H3,(H,23,24). The topological polar surface area (TPSA) is 72.8 Å². The molecule has 0 aliphatic rings. The third kappa shape index (κ3) is 17.8. The molecule has 0 amide bonds. The van der Waals surface area contributed by atoms with Gasteiger partial charge in [-0.05, 0) is 26.2 Å². The van der Waals surface area contributed by atoms with Crippen molar-refractivity contribution < 1.29 is 24.2 Å². The first-order valence-corrected chi connectivity index (χ1v) is 10.5. The van der Waals surface area contributed by atoms with Crippen LogP contribution < -0.4 is 0 Å². The van der Waals surface area contributed by atoms with E-state index in [2.05, 4.69) is 6.58 Å². The number of carbonyl (C=O) groups is 2. The van der Waals surface area contributed by atoms with Crippen LogP contribution in [0.3, 0.4) is 0 Å². The average Bonchev–Trinajstić information content (AvgIpc) is 2.61. The predicted molar refractivity (Wildman–Crippen MR) is 109 cm³/mol. The third-order valence-corrected chi connectivity index (χ3v) is 4.64. The summed E-state index contributed by atoms with van der Waals surface area (Å²) in [4.78, 5) is 22.0. The van der Waals surface area contributed by atoms with Gasteiger partial charge in [0.1, 0.15) is 6.10 Å². The maximum absolute atomic E-state index is 11.6. The van der Waals surface area contributed by atoms with Gasteiger partial charge in [0.2, 0.25) is 0 Å². The predicted octanol–water partition coefficient (Wildman–Crippen LogP) is 5.67. The van der Waals surface area contributed by atoms with Crippen LogP contribution in [0.1, 0.15) is 96.8 Å². The summed E-state index contributed by atoms with van der Waals surface area (Å²) in [7, 11) is 1.62. The van der Waals surface area contributed by atoms with E-state index in [1.807, 2.05) is 0 Å². The first-order valence-electron chi connectivity index (χ1n) is 10.5. The van der Waals surface area contributed by atoms with Crippen molar-refractivity contribution in [2.75, 3.05) is 13.7 Å². The minimum atomic E-state index is -0.683. The van der Waals surface area contributed by atoms with Crippen LogP contribution in [0.25, 0.3) is 0 Å². The van der Waals surface area contributed by atoms with Gasteiger partial charge < -0.3 is 14.6 Å². The lowest BCUT2D eigenvalue weighted by molar-refractivity contribution is -0.147. The van der Waals surface area contributed by atoms with Gasteiger partial charge in [-0.15, -0.1) is 0 Å². The molecule has 0 aromatic heterocycles. The van der Waals surface area contributed by atoms with E-state index in [4.69, 9.17) is 14.6 Å². The molecule has 1 atom stereocenters. The van der Waals surface area contributed by atoms with Crippen LogP contribution in [0.15, 0.2) is 12.2 Å². The highest BCUT2D eigenvalue weighted by molar-refractivity contribution is 5.87. The number of ether oxygens (including phenoxy) is 2. The maximum Gasteiger partial charge on any atom is 0.333 e. The molecule has 27 heavy (non-hydrogen) atoms. The van der Waals surface area contributed by atoms with E-state index in [1.54, 1.807) is 14.0 Å². The van der Waals surface area contributed by atoms with Gasteiger partial charge in [0.25, 0.3) is 0 Å². The highest BCUT2D eigenvalue weighted by atomic mass is 16.6. The molecule has 0 saturated carbocycles. The molecule has 158 valence electrons. The smallest absolute Gasteiger partial charge is 0.333 e. The Morgan fingerprint density at radius 3 is 1.70 bits per heavy atom. The molecule has 0 aromatic carbocycles. The fraction of sp³-hybridized carbons (Fsp3) is 0.818. The number of rotatable bonds is 19. The van der Waals surface area contributed by atoms with Crippen molar-refractivity contribution >= 4 is 11.9 Å². The summed E-state index contributed by atoms with van der Waals surface area (Å²) in [5.41, 5.74) is 0.427. The van der Waals surface area contributed by atoms with Gasteiger partial charge in [-0.1, -0.05) is 70.8 Å². The van der Waals surface area contributed by atoms with Gasteiger partial charge in [0.15, 0.2) is 0 Å². The fourth-order valence-electron chi connectivity index (χ4n) is 3.03. The van der Waals surface area contributed by atoms with Crippen molar-refractivity contribution in [3.63, 3.8) is 0 Å². The lowest BCUT2D eigenvalue weighted by Gasteiger charge is -2.17. The van der Waals surface area contributed by atoms with Gasteiger partial charge >= 0.3 is 11.9 Å². The van der Waals surface area contributed by atoms with Crippen molar-refractivity contribution in [2.45, 2.75) is 103 Å². The SMILES string of the molecule is C=C(C)C(=O)OC(CCCCCCCCCCCCCCC(=O)O)COC. The van der Waals surface area contributed by atoms with Crippen molar-refractivity contribution in [3.05, 3.63) is 12.2 Å². The monoisotopic (exact) mass is 384 g/mol. The molecule has 1 N–H and O–H groups in total. The molecule has 0 heterocycles. The van der Waals surface area contributed by atoms with Gasteiger partial charge in [-0.2, -0.15) is 0 Å². The average molecular weight is 385 g/mol. The molecule has 5 nitrogen and oxygen atoms in total. The Bertz CT molecular complexity index is 406. The summed E-state index contributed by atoms with van der Waals surface area (Å²) in [6, 6.07) is 0. The number of unbranched alkanes of at least 4 members (excludes halogenated alkanes) is 11. The van der Waals surface area contributed by atoms with E-state index in [1.165, 1.54) is 44.9 Å². The van der Waals surface area contributed by atoms with Crippen molar-refractivity contribution in [1.29, 1.82) is 0 Å². The second kappa shape index (κ2) is 18.0. The Hall–Kier alpha value is -1.36. The van der Waals surface area contributed by atoms with E-state index in [9.17, 15) is 9.59 Å². The zero-order valence-corrected chi connectivity index (χ0v) is 17.5. The van der Waals surface area contributed by atoms with E-state index >= 15 is 0 Å². The van der Waals surface area contributed by atoms with Crippen LogP contribution >= 0.6 is 0 Å². The van der Waals surface area contributed by atoms with Crippen LogP contribution in [0, 0.1) is 0 Å². The van der Waals surface area contributed by atoms with Crippen LogP contribution in [-0.2, 0) is 19.1 Å². The van der Waals surface area contributed by atoms with Crippen molar-refractivity contribution in [2.24, 2.45) is 0 Å². The number of esters is 1. The molecule has 0 aromatic rings. The molecule has 0 rings (SSSR count). The summed E-state index contributed by atoms with van der Waals surface area (Å²) in [6.45, 7) is 5.71. The molecule has 0 saturated heterocycles. The molecule has 0 aliphatic carbocycles. The summed E-state index contributed by atoms with van der Waals surface area (Å²) in [5.74, 6) is -1.02. The quantitative estimate of drug-likeness (QED) is 0.176. The number of carboxylic acid groups (broad SMARTS) is 1. The molecule has 5 heteroatoms. The fourth-order valence-corrected chi connectivity index (χ4v) is 3.03. The van der Waals surface area contributed by atoms with Gasteiger partial charge in [0.05, 0.1) is 6.61 Å². The summed E-state index contributed by atoms with van der Waals surface area (Å²) >= 11 is 0. The highest BCUT2D eigenvalue weighted by Crippen LogP contribution is 2.14. The van der Waals surface area contributed by atoms with Crippen LogP contribution in [-0.4, -0.2) is 36.9 Å². The molecule has 0 bridgehead atoms. The Balaban J connectivity index is 3.43. The third-order valence-electron chi connectivity index (χ3n) is 4.64. The maximum atomic E-state index is 11.6. The lowest BCUT2D eigenvalue weighted by atomic mass is 10.0. The van der Waals surface area contributed by atoms with Gasteiger partial charge in [0, 0.05) is 19.1 Å². The van der Waals surface area contributed by atoms with Crippen LogP contribution in [0.5, 0.6) is 0 Å². The minimum Gasteiger partial charge on any atom is -0.481 e. The van der Waals surface area contributed by atoms with E-state index in [0.717, 1.165) is 38.5 Å². The van der Waals surface area contributed by atoms with Gasteiger partial charge in [-0.3, -0.25) is 4.79 Å². The number of hydrogen-bond donors (Lipinski definition) is 1. The number of hydrogen-bond acceptors (Lipinski definition) is 4. The van der Waals surface area contributed by atoms with Gasteiger partial charge in [-0.25, -0.2) is 4.79 Å². The normalized spacial score (nSPS) is 11.9. The molecule has 1 unspecified atom stereocenters. The number of carbonyl (C=O) groups excluding carboxylic acids is 1. The lowest BCUT2D eigenvalue weighted by Crippen LogP contribution is -2.23. The van der Waals surface area contributed by atoms with E-state index in [-0.39, 0.29) is 12.1 Å². The van der Waals surface area contributed by atoms with Crippen LogP contribution in [0.2, 0.25) is 0 Å². The number of carboxylic acids is 1. The Morgan fingerprint density at radius 2 is 1.30 bits per heavy atom. The molecule has 0 spiro atoms. The Morgan fingerprint density at radius 1 is 0.852 bits per heavy atom. The molecular weight excluding hydrogens is 344 g/mol. The Kier molecular flexibility index (Phi) is 17.1. The summed E-state index contributed by atoms with van der Waals surface area (Å²) in [5, 5.41) is 8.57. The molecular formula is C22H40O5. The number of methoxy groups -OCH3 is 1. The zero-order valence-electron chi connectivity index (χ0n) is 17.5. The van der Waals surface area contributed by atoms with E-state index in [0.29, 0.717) is 18.6 Å². The molecule has 0 radical (unpaired) electrons. The second-order valence-corrected chi connectivity index (χ2v) is 7.44. The molecule has 0 fully saturated rings. The first kappa shape index (κ1) is 25.6. The second-order valence-electron chi connectivity index (χ2n) is 7.44. The van der Waals surface area contributed by atoms with Crippen molar-refractivity contribution in [1.82, 2.24) is 0 Å². The minimum absolute atomic E-state index is 0.172. The van der Waals surface area contributed by atoms with E-state index < -0.39 is 5.97 Å². The van der Waals surface area contributed by atoms with Crippen LogP contribution in [0.4, 0.5) is 0 Å². The van der Waals surface area contributed by atoms with Crippen molar-refractivity contribution in [3.8, 4) is 0 Å².